The van der Waals surface area contributed by atoms with Crippen molar-refractivity contribution < 1.29 is 36.3 Å². The summed E-state index contributed by atoms with van der Waals surface area (Å²) in [7, 11) is 2.60. The van der Waals surface area contributed by atoms with E-state index < -0.39 is 33.2 Å². The molecule has 1 aliphatic carbocycles. The third kappa shape index (κ3) is 8.54. The van der Waals surface area contributed by atoms with Crippen LogP contribution in [0.25, 0.3) is 21.2 Å². The van der Waals surface area contributed by atoms with Crippen LogP contribution >= 0.6 is 22.9 Å². The van der Waals surface area contributed by atoms with Gasteiger partial charge in [0, 0.05) is 45.8 Å². The lowest BCUT2D eigenvalue weighted by Gasteiger charge is -2.37. The highest BCUT2D eigenvalue weighted by molar-refractivity contribution is 7.89. The van der Waals surface area contributed by atoms with E-state index in [2.05, 4.69) is 0 Å². The van der Waals surface area contributed by atoms with Crippen molar-refractivity contribution in [3.05, 3.63) is 81.7 Å². The minimum atomic E-state index is -3.61. The van der Waals surface area contributed by atoms with Gasteiger partial charge in [-0.1, -0.05) is 29.8 Å². The predicted octanol–water partition coefficient (Wildman–Crippen LogP) is 8.83. The molecule has 4 aromatic rings. The molecule has 0 unspecified atom stereocenters. The lowest BCUT2D eigenvalue weighted by Crippen LogP contribution is -2.43. The molecule has 0 aliphatic heterocycles. The topological polar surface area (TPSA) is 96.5 Å². The van der Waals surface area contributed by atoms with Gasteiger partial charge >= 0.3 is 6.09 Å². The first kappa shape index (κ1) is 39.4. The van der Waals surface area contributed by atoms with Crippen LogP contribution in [0, 0.1) is 17.6 Å². The maximum Gasteiger partial charge on any atom is 0.410 e. The maximum atomic E-state index is 14.8. The number of sulfonamides is 1. The van der Waals surface area contributed by atoms with Gasteiger partial charge in [-0.2, -0.15) is 0 Å². The molecule has 0 atom stereocenters. The lowest BCUT2D eigenvalue weighted by atomic mass is 9.85. The zero-order chi connectivity index (χ0) is 38.1. The third-order valence-electron chi connectivity index (χ3n) is 9.30. The largest absolute Gasteiger partial charge is 0.496 e. The van der Waals surface area contributed by atoms with Gasteiger partial charge in [0.1, 0.15) is 27.9 Å². The smallest absolute Gasteiger partial charge is 0.410 e. The number of methoxy groups -OCH3 is 1. The van der Waals surface area contributed by atoms with Crippen LogP contribution in [0.4, 0.5) is 13.6 Å². The van der Waals surface area contributed by atoms with Crippen LogP contribution in [-0.2, 0) is 21.3 Å². The summed E-state index contributed by atoms with van der Waals surface area (Å²) in [5, 5.41) is -0.261. The van der Waals surface area contributed by atoms with Gasteiger partial charge in [-0.25, -0.2) is 26.3 Å². The summed E-state index contributed by atoms with van der Waals surface area (Å²) < 4.78 is 67.3. The Morgan fingerprint density at radius 2 is 1.54 bits per heavy atom. The highest BCUT2D eigenvalue weighted by Crippen LogP contribution is 2.40. The van der Waals surface area contributed by atoms with E-state index >= 15 is 0 Å². The van der Waals surface area contributed by atoms with Crippen molar-refractivity contribution in [2.75, 3.05) is 34.8 Å². The Morgan fingerprint density at radius 1 is 0.923 bits per heavy atom. The fourth-order valence-corrected chi connectivity index (χ4v) is 8.84. The van der Waals surface area contributed by atoms with Crippen LogP contribution in [-0.4, -0.2) is 81.0 Å². The normalized spacial score (nSPS) is 16.6. The van der Waals surface area contributed by atoms with E-state index in [-0.39, 0.29) is 49.5 Å². The van der Waals surface area contributed by atoms with Gasteiger partial charge in [-0.3, -0.25) is 4.79 Å². The van der Waals surface area contributed by atoms with Gasteiger partial charge in [0.25, 0.3) is 5.91 Å². The Morgan fingerprint density at radius 3 is 2.12 bits per heavy atom. The monoisotopic (exact) mass is 775 g/mol. The van der Waals surface area contributed by atoms with E-state index in [0.29, 0.717) is 30.7 Å². The van der Waals surface area contributed by atoms with Crippen molar-refractivity contribution in [3.8, 4) is 16.9 Å². The molecule has 14 heteroatoms. The Balaban J connectivity index is 1.45. The van der Waals surface area contributed by atoms with Gasteiger partial charge in [0.05, 0.1) is 27.1 Å². The zero-order valence-corrected chi connectivity index (χ0v) is 32.7. The number of benzene rings is 3. The van der Waals surface area contributed by atoms with Gasteiger partial charge < -0.3 is 19.3 Å². The van der Waals surface area contributed by atoms with Crippen LogP contribution < -0.4 is 4.74 Å². The van der Waals surface area contributed by atoms with Crippen LogP contribution in [0.1, 0.15) is 61.7 Å². The molecule has 52 heavy (non-hydrogen) atoms. The second-order valence-electron chi connectivity index (χ2n) is 14.3. The van der Waals surface area contributed by atoms with E-state index in [1.165, 1.54) is 21.2 Å². The van der Waals surface area contributed by atoms with Crippen molar-refractivity contribution in [2.24, 2.45) is 5.92 Å². The Hall–Kier alpha value is -3.78. The Labute approximate surface area is 313 Å². The van der Waals surface area contributed by atoms with Gasteiger partial charge in [0.15, 0.2) is 0 Å². The number of rotatable bonds is 10. The molecule has 0 bridgehead atoms. The molecular formula is C38H44ClF2N3O6S2. The summed E-state index contributed by atoms with van der Waals surface area (Å²) in [6, 6.07) is 14.0. The number of nitrogens with zero attached hydrogens (tertiary/aromatic N) is 3. The molecule has 0 N–H and O–H groups in total. The van der Waals surface area contributed by atoms with Gasteiger partial charge in [-0.15, -0.1) is 11.3 Å². The fraction of sp³-hybridized carbons (Fsp3) is 0.421. The predicted molar refractivity (Wildman–Crippen MR) is 201 cm³/mol. The Kier molecular flexibility index (Phi) is 11.9. The summed E-state index contributed by atoms with van der Waals surface area (Å²) in [5.74, 6) is -1.26. The number of carbonyl (C=O) groups is 2. The molecule has 0 saturated heterocycles. The molecule has 0 radical (unpaired) electrons. The van der Waals surface area contributed by atoms with E-state index in [1.807, 2.05) is 32.9 Å². The summed E-state index contributed by atoms with van der Waals surface area (Å²) >= 11 is 7.43. The van der Waals surface area contributed by atoms with Gasteiger partial charge in [-0.05, 0) is 99.9 Å². The van der Waals surface area contributed by atoms with E-state index in [1.54, 1.807) is 47.2 Å². The first-order valence-corrected chi connectivity index (χ1v) is 19.6. The summed E-state index contributed by atoms with van der Waals surface area (Å²) in [5.41, 5.74) is 1.58. The molecule has 1 saturated carbocycles. The van der Waals surface area contributed by atoms with Gasteiger partial charge in [0.2, 0.25) is 10.0 Å². The number of carbonyl (C=O) groups excluding carboxylic acids is 2. The second-order valence-corrected chi connectivity index (χ2v) is 17.8. The molecule has 9 nitrogen and oxygen atoms in total. The molecule has 1 fully saturated rings. The van der Waals surface area contributed by atoms with Crippen molar-refractivity contribution in [1.82, 2.24) is 14.1 Å². The lowest BCUT2D eigenvalue weighted by molar-refractivity contribution is 0.0165. The number of hydrogen-bond donors (Lipinski definition) is 0. The number of ether oxygens (including phenoxy) is 2. The molecule has 3 aromatic carbocycles. The number of fused-ring (bicyclic) bond motifs is 1. The summed E-state index contributed by atoms with van der Waals surface area (Å²) in [6.07, 6.45) is 2.49. The fourth-order valence-electron chi connectivity index (χ4n) is 6.43. The molecular weight excluding hydrogens is 732 g/mol. The minimum Gasteiger partial charge on any atom is -0.496 e. The maximum absolute atomic E-state index is 14.8. The van der Waals surface area contributed by atoms with E-state index in [4.69, 9.17) is 21.1 Å². The number of hydrogen-bond acceptors (Lipinski definition) is 7. The van der Waals surface area contributed by atoms with Crippen molar-refractivity contribution in [3.63, 3.8) is 0 Å². The number of amides is 2. The van der Waals surface area contributed by atoms with E-state index in [9.17, 15) is 26.8 Å². The number of halogens is 3. The van der Waals surface area contributed by atoms with E-state index in [0.717, 1.165) is 51.7 Å². The molecule has 1 heterocycles. The molecule has 1 aliphatic rings. The molecule has 1 aromatic heterocycles. The first-order valence-electron chi connectivity index (χ1n) is 16.9. The van der Waals surface area contributed by atoms with Crippen LogP contribution in [0.3, 0.4) is 0 Å². The standard InChI is InChI=1S/C38H44ClF2N3O6S2/c1-38(2,3)50-37(46)43(6)27-13-8-23(9-14-27)21-44(36(45)35-33(39)32-29(40)17-18-30(41)34(32)51-35)22-26-20-25(12-19-31(26)49-7)24-10-15-28(16-11-24)52(47,48)42(4)5/h10-12,15-20,23,27H,8-9,13-14,21-22H2,1-7H3. The molecule has 280 valence electrons. The zero-order valence-electron chi connectivity index (χ0n) is 30.3. The molecule has 2 amide bonds. The SMILES string of the molecule is COc1ccc(-c2ccc(S(=O)(=O)N(C)C)cc2)cc1CN(CC1CCC(N(C)C(=O)OC(C)(C)C)CC1)C(=O)c1sc2c(F)ccc(F)c2c1Cl. The van der Waals surface area contributed by atoms with Crippen molar-refractivity contribution in [1.29, 1.82) is 0 Å². The summed E-state index contributed by atoms with van der Waals surface area (Å²) in [6.45, 7) is 5.89. The highest BCUT2D eigenvalue weighted by Gasteiger charge is 2.33. The minimum absolute atomic E-state index is 0.0193. The molecule has 0 spiro atoms. The van der Waals surface area contributed by atoms with Crippen LogP contribution in [0.5, 0.6) is 5.75 Å². The second kappa shape index (κ2) is 15.7. The quantitative estimate of drug-likeness (QED) is 0.160. The average Bonchev–Trinajstić information content (AvgIpc) is 3.46. The Bertz CT molecular complexity index is 2060. The van der Waals surface area contributed by atoms with Crippen molar-refractivity contribution >= 4 is 55.0 Å². The highest BCUT2D eigenvalue weighted by atomic mass is 35.5. The van der Waals surface area contributed by atoms with Crippen molar-refractivity contribution in [2.45, 2.75) is 69.5 Å². The van der Waals surface area contributed by atoms with Crippen LogP contribution in [0.2, 0.25) is 5.02 Å². The average molecular weight is 776 g/mol. The first-order chi connectivity index (χ1) is 24.4. The van der Waals surface area contributed by atoms with Crippen LogP contribution in [0.15, 0.2) is 59.5 Å². The third-order valence-corrected chi connectivity index (χ3v) is 12.8. The summed E-state index contributed by atoms with van der Waals surface area (Å²) in [4.78, 5) is 30.6. The number of thiophene rings is 1. The molecule has 5 rings (SSSR count).